The fraction of sp³-hybridized carbons (Fsp3) is 0.500. The molecule has 0 amide bonds. The van der Waals surface area contributed by atoms with Gasteiger partial charge in [0.25, 0.3) is 0 Å². The summed E-state index contributed by atoms with van der Waals surface area (Å²) in [7, 11) is 3.10. The summed E-state index contributed by atoms with van der Waals surface area (Å²) in [5.41, 5.74) is 0.150. The maximum Gasteiger partial charge on any atom is 0.303 e. The molecule has 22 heavy (non-hydrogen) atoms. The Morgan fingerprint density at radius 1 is 1.18 bits per heavy atom. The number of carbonyl (C=O) groups is 2. The lowest BCUT2D eigenvalue weighted by atomic mass is 9.77. The Balaban J connectivity index is 2.63. The molecule has 0 bridgehead atoms. The number of alkyl halides is 1. The average Bonchev–Trinajstić information content (AvgIpc) is 2.48. The van der Waals surface area contributed by atoms with E-state index in [1.807, 2.05) is 0 Å². The van der Waals surface area contributed by atoms with Gasteiger partial charge in [0.2, 0.25) is 0 Å². The molecule has 1 aromatic rings. The van der Waals surface area contributed by atoms with Gasteiger partial charge >= 0.3 is 5.97 Å². The minimum atomic E-state index is -1.37. The van der Waals surface area contributed by atoms with Crippen LogP contribution in [0.2, 0.25) is 0 Å². The lowest BCUT2D eigenvalue weighted by Crippen LogP contribution is -2.48. The van der Waals surface area contributed by atoms with Crippen molar-refractivity contribution in [2.75, 3.05) is 14.2 Å². The number of ether oxygens (including phenoxy) is 3. The molecule has 0 spiro atoms. The number of benzene rings is 1. The number of hydrogen-bond acceptors (Lipinski definition) is 5. The highest BCUT2D eigenvalue weighted by Crippen LogP contribution is 2.50. The summed E-state index contributed by atoms with van der Waals surface area (Å²) < 4.78 is 16.1. The van der Waals surface area contributed by atoms with Crippen LogP contribution in [0.1, 0.15) is 36.8 Å². The second kappa shape index (κ2) is 6.16. The highest BCUT2D eigenvalue weighted by Gasteiger charge is 2.51. The second-order valence-electron chi connectivity index (χ2n) is 5.26. The molecule has 2 atom stereocenters. The van der Waals surface area contributed by atoms with Gasteiger partial charge in [-0.3, -0.25) is 9.59 Å². The molecule has 1 aromatic carbocycles. The fourth-order valence-electron chi connectivity index (χ4n) is 2.98. The number of esters is 1. The van der Waals surface area contributed by atoms with Crippen LogP contribution >= 0.6 is 11.6 Å². The Bertz CT molecular complexity index is 613. The molecule has 0 heterocycles. The number of ketones is 1. The number of hydrogen-bond donors (Lipinski definition) is 0. The first-order valence-electron chi connectivity index (χ1n) is 6.95. The van der Waals surface area contributed by atoms with E-state index in [9.17, 15) is 9.59 Å². The SMILES string of the molecule is COc1ccc(OC)c2c1CC[C@](OC(C)=O)(C(C)=O)[C@@H]2Cl. The smallest absolute Gasteiger partial charge is 0.303 e. The zero-order chi connectivity index (χ0) is 16.5. The lowest BCUT2D eigenvalue weighted by molar-refractivity contribution is -0.166. The lowest BCUT2D eigenvalue weighted by Gasteiger charge is -2.40. The van der Waals surface area contributed by atoms with E-state index in [2.05, 4.69) is 0 Å². The van der Waals surface area contributed by atoms with Gasteiger partial charge in [0.15, 0.2) is 11.4 Å². The standard InChI is InChI=1S/C16H19ClO5/c1-9(18)16(22-10(2)19)8-7-11-12(20-3)5-6-13(21-4)14(11)15(16)17/h5-6,15H,7-8H2,1-4H3/t15-,16+/m1/s1. The van der Waals surface area contributed by atoms with E-state index in [0.29, 0.717) is 29.9 Å². The van der Waals surface area contributed by atoms with E-state index >= 15 is 0 Å². The van der Waals surface area contributed by atoms with E-state index in [4.69, 9.17) is 25.8 Å². The van der Waals surface area contributed by atoms with Crippen LogP contribution in [0.4, 0.5) is 0 Å². The summed E-state index contributed by atoms with van der Waals surface area (Å²) in [6, 6.07) is 3.53. The van der Waals surface area contributed by atoms with Crippen LogP contribution in [-0.4, -0.2) is 31.6 Å². The molecule has 1 aliphatic carbocycles. The second-order valence-corrected chi connectivity index (χ2v) is 5.70. The van der Waals surface area contributed by atoms with Gasteiger partial charge in [-0.05, 0) is 25.5 Å². The average molecular weight is 327 g/mol. The molecular formula is C16H19ClO5. The first kappa shape index (κ1) is 16.6. The summed E-state index contributed by atoms with van der Waals surface area (Å²) in [5, 5.41) is -0.831. The third-order valence-electron chi connectivity index (χ3n) is 4.04. The predicted octanol–water partition coefficient (Wildman–Crippen LogP) is 2.82. The van der Waals surface area contributed by atoms with Crippen LogP contribution in [-0.2, 0) is 20.7 Å². The highest BCUT2D eigenvalue weighted by molar-refractivity contribution is 6.24. The van der Waals surface area contributed by atoms with E-state index in [1.54, 1.807) is 19.2 Å². The molecule has 1 aliphatic rings. The molecule has 5 nitrogen and oxygen atoms in total. The first-order chi connectivity index (χ1) is 10.4. The van der Waals surface area contributed by atoms with Crippen molar-refractivity contribution in [3.05, 3.63) is 23.3 Å². The summed E-state index contributed by atoms with van der Waals surface area (Å²) in [5.74, 6) is 0.416. The molecule has 2 rings (SSSR count). The molecule has 0 fully saturated rings. The fourth-order valence-corrected chi connectivity index (χ4v) is 3.53. The third kappa shape index (κ3) is 2.54. The number of fused-ring (bicyclic) bond motifs is 1. The Morgan fingerprint density at radius 3 is 2.27 bits per heavy atom. The summed E-state index contributed by atoms with van der Waals surface area (Å²) >= 11 is 6.59. The van der Waals surface area contributed by atoms with Crippen LogP contribution in [0.3, 0.4) is 0 Å². The molecule has 0 saturated carbocycles. The quantitative estimate of drug-likeness (QED) is 0.629. The van der Waals surface area contributed by atoms with Crippen LogP contribution in [0.15, 0.2) is 12.1 Å². The minimum Gasteiger partial charge on any atom is -0.496 e. The topological polar surface area (TPSA) is 61.8 Å². The molecule has 0 radical (unpaired) electrons. The van der Waals surface area contributed by atoms with E-state index in [1.165, 1.54) is 21.0 Å². The van der Waals surface area contributed by atoms with Gasteiger partial charge in [0, 0.05) is 24.5 Å². The largest absolute Gasteiger partial charge is 0.496 e. The summed E-state index contributed by atoms with van der Waals surface area (Å²) in [6.07, 6.45) is 0.818. The summed E-state index contributed by atoms with van der Waals surface area (Å²) in [4.78, 5) is 23.7. The van der Waals surface area contributed by atoms with Crippen molar-refractivity contribution in [2.24, 2.45) is 0 Å². The Kier molecular flexibility index (Phi) is 4.66. The normalized spacial score (nSPS) is 23.4. The van der Waals surface area contributed by atoms with Gasteiger partial charge in [-0.15, -0.1) is 11.6 Å². The zero-order valence-electron chi connectivity index (χ0n) is 13.1. The molecule has 0 aliphatic heterocycles. The molecule has 0 unspecified atom stereocenters. The monoisotopic (exact) mass is 326 g/mol. The van der Waals surface area contributed by atoms with E-state index in [0.717, 1.165) is 5.56 Å². The van der Waals surface area contributed by atoms with Crippen LogP contribution in [0.5, 0.6) is 11.5 Å². The van der Waals surface area contributed by atoms with Gasteiger partial charge in [0.05, 0.1) is 14.2 Å². The van der Waals surface area contributed by atoms with Crippen molar-refractivity contribution in [3.63, 3.8) is 0 Å². The van der Waals surface area contributed by atoms with Gasteiger partial charge in [0.1, 0.15) is 16.9 Å². The van der Waals surface area contributed by atoms with Crippen molar-refractivity contribution in [1.29, 1.82) is 0 Å². The molecule has 0 aromatic heterocycles. The zero-order valence-corrected chi connectivity index (χ0v) is 13.8. The Morgan fingerprint density at radius 2 is 1.77 bits per heavy atom. The van der Waals surface area contributed by atoms with Crippen molar-refractivity contribution >= 4 is 23.4 Å². The molecule has 6 heteroatoms. The number of rotatable bonds is 4. The van der Waals surface area contributed by atoms with E-state index in [-0.39, 0.29) is 5.78 Å². The Labute approximate surface area is 134 Å². The molecule has 120 valence electrons. The summed E-state index contributed by atoms with van der Waals surface area (Å²) in [6.45, 7) is 2.66. The molecule has 0 N–H and O–H groups in total. The maximum absolute atomic E-state index is 12.2. The van der Waals surface area contributed by atoms with Crippen molar-refractivity contribution in [3.8, 4) is 11.5 Å². The van der Waals surface area contributed by atoms with Gasteiger partial charge in [-0.2, -0.15) is 0 Å². The number of Topliss-reactive ketones (excluding diaryl/α,β-unsaturated/α-hetero) is 1. The van der Waals surface area contributed by atoms with Crippen molar-refractivity contribution in [1.82, 2.24) is 0 Å². The van der Waals surface area contributed by atoms with Crippen molar-refractivity contribution < 1.29 is 23.8 Å². The number of halogens is 1. The molecule has 0 saturated heterocycles. The van der Waals surface area contributed by atoms with Gasteiger partial charge in [-0.25, -0.2) is 0 Å². The van der Waals surface area contributed by atoms with Crippen LogP contribution in [0, 0.1) is 0 Å². The maximum atomic E-state index is 12.2. The van der Waals surface area contributed by atoms with Gasteiger partial charge < -0.3 is 14.2 Å². The predicted molar refractivity (Wildman–Crippen MR) is 81.6 cm³/mol. The van der Waals surface area contributed by atoms with Crippen LogP contribution in [0.25, 0.3) is 0 Å². The van der Waals surface area contributed by atoms with Gasteiger partial charge in [-0.1, -0.05) is 0 Å². The van der Waals surface area contributed by atoms with Crippen LogP contribution < -0.4 is 9.47 Å². The first-order valence-corrected chi connectivity index (χ1v) is 7.39. The number of carbonyl (C=O) groups excluding carboxylic acids is 2. The number of methoxy groups -OCH3 is 2. The molecular weight excluding hydrogens is 308 g/mol. The third-order valence-corrected chi connectivity index (χ3v) is 4.62. The Hall–Kier alpha value is -1.75. The van der Waals surface area contributed by atoms with E-state index < -0.39 is 16.9 Å². The highest BCUT2D eigenvalue weighted by atomic mass is 35.5. The minimum absolute atomic E-state index is 0.279. The van der Waals surface area contributed by atoms with Crippen molar-refractivity contribution in [2.45, 2.75) is 37.7 Å².